The summed E-state index contributed by atoms with van der Waals surface area (Å²) < 4.78 is 6.96. The molecule has 0 aromatic carbocycles. The van der Waals surface area contributed by atoms with E-state index in [-0.39, 0.29) is 11.8 Å². The van der Waals surface area contributed by atoms with Gasteiger partial charge in [0.1, 0.15) is 11.5 Å². The predicted molar refractivity (Wildman–Crippen MR) is 98.5 cm³/mol. The zero-order valence-electron chi connectivity index (χ0n) is 16.2. The number of aryl methyl sites for hydroxylation is 2. The summed E-state index contributed by atoms with van der Waals surface area (Å²) in [6.07, 6.45) is 7.27. The number of piperidine rings is 1. The van der Waals surface area contributed by atoms with Crippen LogP contribution in [-0.2, 0) is 22.7 Å². The lowest BCUT2D eigenvalue weighted by Crippen LogP contribution is -2.52. The highest BCUT2D eigenvalue weighted by Gasteiger charge is 2.40. The number of hydrogen-bond acceptors (Lipinski definition) is 5. The number of nitrogens with zero attached hydrogens (tertiary/aromatic N) is 5. The number of amides is 2. The largest absolute Gasteiger partial charge is 0.361 e. The lowest BCUT2D eigenvalue weighted by atomic mass is 9.80. The zero-order valence-corrected chi connectivity index (χ0v) is 16.2. The maximum atomic E-state index is 13.1. The van der Waals surface area contributed by atoms with E-state index in [0.29, 0.717) is 32.6 Å². The first-order valence-electron chi connectivity index (χ1n) is 9.29. The topological polar surface area (TPSA) is 84.5 Å². The fourth-order valence-electron chi connectivity index (χ4n) is 3.70. The summed E-state index contributed by atoms with van der Waals surface area (Å²) in [6.45, 7) is 5.95. The highest BCUT2D eigenvalue weighted by atomic mass is 16.5. The molecule has 27 heavy (non-hydrogen) atoms. The molecule has 0 bridgehead atoms. The maximum Gasteiger partial charge on any atom is 0.230 e. The molecule has 8 heteroatoms. The van der Waals surface area contributed by atoms with Crippen LogP contribution in [0, 0.1) is 12.3 Å². The van der Waals surface area contributed by atoms with Crippen LogP contribution >= 0.6 is 0 Å². The molecule has 1 saturated heterocycles. The Morgan fingerprint density at radius 3 is 2.89 bits per heavy atom. The van der Waals surface area contributed by atoms with Crippen LogP contribution in [0.5, 0.6) is 0 Å². The first-order valence-corrected chi connectivity index (χ1v) is 9.29. The van der Waals surface area contributed by atoms with Gasteiger partial charge in [-0.3, -0.25) is 9.59 Å². The van der Waals surface area contributed by atoms with Gasteiger partial charge >= 0.3 is 0 Å². The Balaban J connectivity index is 1.58. The van der Waals surface area contributed by atoms with E-state index in [0.717, 1.165) is 24.3 Å². The van der Waals surface area contributed by atoms with Crippen molar-refractivity contribution in [1.82, 2.24) is 24.5 Å². The molecule has 0 radical (unpaired) electrons. The summed E-state index contributed by atoms with van der Waals surface area (Å²) in [7, 11) is 1.78. The molecular weight excluding hydrogens is 346 g/mol. The highest BCUT2D eigenvalue weighted by molar-refractivity contribution is 5.84. The van der Waals surface area contributed by atoms with Gasteiger partial charge < -0.3 is 18.9 Å². The third-order valence-corrected chi connectivity index (χ3v) is 5.13. The summed E-state index contributed by atoms with van der Waals surface area (Å²) in [5, 5.41) is 3.96. The molecule has 1 aliphatic rings. The Morgan fingerprint density at radius 2 is 2.22 bits per heavy atom. The molecule has 146 valence electrons. The van der Waals surface area contributed by atoms with Crippen molar-refractivity contribution in [2.75, 3.05) is 20.1 Å². The van der Waals surface area contributed by atoms with Crippen LogP contribution in [0.15, 0.2) is 29.3 Å². The van der Waals surface area contributed by atoms with Gasteiger partial charge in [-0.05, 0) is 26.7 Å². The predicted octanol–water partition coefficient (Wildman–Crippen LogP) is 1.86. The molecule has 2 aromatic rings. The number of rotatable bonds is 6. The fraction of sp³-hybridized carbons (Fsp3) is 0.579. The van der Waals surface area contributed by atoms with Crippen molar-refractivity contribution < 1.29 is 14.1 Å². The van der Waals surface area contributed by atoms with E-state index in [1.165, 1.54) is 0 Å². The van der Waals surface area contributed by atoms with Crippen LogP contribution in [0.2, 0.25) is 0 Å². The van der Waals surface area contributed by atoms with Crippen molar-refractivity contribution >= 4 is 11.8 Å². The van der Waals surface area contributed by atoms with E-state index in [4.69, 9.17) is 4.52 Å². The second-order valence-electron chi connectivity index (χ2n) is 7.62. The van der Waals surface area contributed by atoms with Crippen LogP contribution in [0.1, 0.15) is 37.6 Å². The second kappa shape index (κ2) is 7.94. The minimum Gasteiger partial charge on any atom is -0.361 e. The molecule has 1 fully saturated rings. The van der Waals surface area contributed by atoms with Crippen LogP contribution in [0.3, 0.4) is 0 Å². The van der Waals surface area contributed by atoms with Gasteiger partial charge in [0.05, 0.1) is 18.3 Å². The number of carbonyl (C=O) groups is 2. The lowest BCUT2D eigenvalue weighted by Gasteiger charge is -2.41. The molecular formula is C19H27N5O3. The molecule has 3 rings (SSSR count). The Morgan fingerprint density at radius 1 is 1.41 bits per heavy atom. The van der Waals surface area contributed by atoms with Crippen molar-refractivity contribution in [2.24, 2.45) is 5.41 Å². The molecule has 0 aliphatic carbocycles. The van der Waals surface area contributed by atoms with Crippen molar-refractivity contribution in [3.63, 3.8) is 0 Å². The number of likely N-dealkylation sites (tertiary alicyclic amines) is 1. The number of imidazole rings is 1. The summed E-state index contributed by atoms with van der Waals surface area (Å²) in [5.41, 5.74) is 0.159. The Hall–Kier alpha value is -2.64. The highest BCUT2D eigenvalue weighted by Crippen LogP contribution is 2.32. The van der Waals surface area contributed by atoms with E-state index in [2.05, 4.69) is 10.1 Å². The standard InChI is InChI=1S/C19H27N5O3/c1-15-11-16(21-27-15)12-22(3)18(26)19(2)6-4-8-24(13-19)17(25)5-9-23-10-7-20-14-23/h7,10-11,14H,4-6,8-9,12-13H2,1-3H3/t19-/m1/s1. The van der Waals surface area contributed by atoms with E-state index >= 15 is 0 Å². The van der Waals surface area contributed by atoms with E-state index in [1.807, 2.05) is 35.6 Å². The van der Waals surface area contributed by atoms with Gasteiger partial charge in [-0.1, -0.05) is 5.16 Å². The zero-order chi connectivity index (χ0) is 19.4. The van der Waals surface area contributed by atoms with Crippen molar-refractivity contribution in [3.05, 3.63) is 36.2 Å². The summed E-state index contributed by atoms with van der Waals surface area (Å²) in [4.78, 5) is 33.2. The van der Waals surface area contributed by atoms with Gasteiger partial charge in [-0.25, -0.2) is 4.98 Å². The molecule has 0 N–H and O–H groups in total. The molecule has 0 unspecified atom stereocenters. The lowest BCUT2D eigenvalue weighted by molar-refractivity contribution is -0.147. The molecule has 0 spiro atoms. The number of hydrogen-bond donors (Lipinski definition) is 0. The van der Waals surface area contributed by atoms with Crippen molar-refractivity contribution in [1.29, 1.82) is 0 Å². The Labute approximate surface area is 159 Å². The molecule has 3 heterocycles. The van der Waals surface area contributed by atoms with Gasteiger partial charge in [0.25, 0.3) is 0 Å². The summed E-state index contributed by atoms with van der Waals surface area (Å²) >= 11 is 0. The first-order chi connectivity index (χ1) is 12.9. The monoisotopic (exact) mass is 373 g/mol. The third-order valence-electron chi connectivity index (χ3n) is 5.13. The van der Waals surface area contributed by atoms with Gasteiger partial charge in [0, 0.05) is 51.6 Å². The molecule has 8 nitrogen and oxygen atoms in total. The normalized spacial score (nSPS) is 19.9. The van der Waals surface area contributed by atoms with Gasteiger partial charge in [-0.2, -0.15) is 0 Å². The van der Waals surface area contributed by atoms with Crippen LogP contribution in [0.25, 0.3) is 0 Å². The summed E-state index contributed by atoms with van der Waals surface area (Å²) in [5.74, 6) is 0.844. The SMILES string of the molecule is Cc1cc(CN(C)C(=O)[C@]2(C)CCCN(C(=O)CCn3ccnc3)C2)no1. The summed E-state index contributed by atoms with van der Waals surface area (Å²) in [6, 6.07) is 1.83. The minimum absolute atomic E-state index is 0.0373. The first kappa shape index (κ1) is 19.1. The minimum atomic E-state index is -0.573. The average molecular weight is 373 g/mol. The molecule has 0 saturated carbocycles. The second-order valence-corrected chi connectivity index (χ2v) is 7.62. The Kier molecular flexibility index (Phi) is 5.62. The number of aromatic nitrogens is 3. The smallest absolute Gasteiger partial charge is 0.230 e. The van der Waals surface area contributed by atoms with Gasteiger partial charge in [-0.15, -0.1) is 0 Å². The van der Waals surface area contributed by atoms with Crippen LogP contribution in [-0.4, -0.2) is 56.5 Å². The average Bonchev–Trinajstić information content (AvgIpc) is 3.30. The van der Waals surface area contributed by atoms with Crippen LogP contribution in [0.4, 0.5) is 0 Å². The van der Waals surface area contributed by atoms with Crippen molar-refractivity contribution in [2.45, 2.75) is 46.2 Å². The maximum absolute atomic E-state index is 13.1. The third kappa shape index (κ3) is 4.56. The molecule has 1 aliphatic heterocycles. The molecule has 2 amide bonds. The fourth-order valence-corrected chi connectivity index (χ4v) is 3.70. The van der Waals surface area contributed by atoms with Crippen molar-refractivity contribution in [3.8, 4) is 0 Å². The van der Waals surface area contributed by atoms with E-state index in [1.54, 1.807) is 24.5 Å². The Bertz CT molecular complexity index is 785. The quantitative estimate of drug-likeness (QED) is 0.772. The van der Waals surface area contributed by atoms with E-state index in [9.17, 15) is 9.59 Å². The van der Waals surface area contributed by atoms with Crippen LogP contribution < -0.4 is 0 Å². The van der Waals surface area contributed by atoms with Gasteiger partial charge in [0.15, 0.2) is 0 Å². The number of carbonyl (C=O) groups excluding carboxylic acids is 2. The molecule has 1 atom stereocenters. The van der Waals surface area contributed by atoms with E-state index < -0.39 is 5.41 Å². The van der Waals surface area contributed by atoms with Gasteiger partial charge in [0.2, 0.25) is 11.8 Å². The molecule has 2 aromatic heterocycles.